The molecule has 0 atom stereocenters. The predicted octanol–water partition coefficient (Wildman–Crippen LogP) is 9.77. The van der Waals surface area contributed by atoms with Crippen molar-refractivity contribution in [2.75, 3.05) is 24.6 Å². The second-order valence-corrected chi connectivity index (χ2v) is 10.2. The number of carbonyl (C=O) groups is 1. The number of benzene rings is 3. The Labute approximate surface area is 237 Å². The molecule has 0 bridgehead atoms. The van der Waals surface area contributed by atoms with Crippen molar-refractivity contribution in [2.24, 2.45) is 20.5 Å². The molecule has 4 rings (SSSR count). The normalized spacial score (nSPS) is 11.5. The maximum absolute atomic E-state index is 14.7. The van der Waals surface area contributed by atoms with Crippen LogP contribution in [0.15, 0.2) is 99.8 Å². The average Bonchev–Trinajstić information content (AvgIpc) is 3.39. The molecule has 9 heteroatoms. The molecule has 0 aliphatic carbocycles. The van der Waals surface area contributed by atoms with E-state index in [9.17, 15) is 9.18 Å². The van der Waals surface area contributed by atoms with Crippen molar-refractivity contribution in [3.8, 4) is 0 Å². The third kappa shape index (κ3) is 7.89. The van der Waals surface area contributed by atoms with Gasteiger partial charge in [0, 0.05) is 34.0 Å². The third-order valence-electron chi connectivity index (χ3n) is 6.18. The van der Waals surface area contributed by atoms with Gasteiger partial charge in [-0.05, 0) is 85.8 Å². The van der Waals surface area contributed by atoms with Gasteiger partial charge in [-0.2, -0.15) is 15.3 Å². The molecule has 0 spiro atoms. The van der Waals surface area contributed by atoms with E-state index < -0.39 is 11.8 Å². The minimum Gasteiger partial charge on any atom is -0.461 e. The third-order valence-corrected chi connectivity index (χ3v) is 7.36. The van der Waals surface area contributed by atoms with Crippen LogP contribution < -0.4 is 4.90 Å². The van der Waals surface area contributed by atoms with Crippen molar-refractivity contribution in [1.29, 1.82) is 0 Å². The molecule has 0 saturated heterocycles. The van der Waals surface area contributed by atoms with Gasteiger partial charge in [0.05, 0.1) is 23.6 Å². The maximum Gasteiger partial charge on any atom is 0.330 e. The van der Waals surface area contributed by atoms with Crippen LogP contribution in [0.3, 0.4) is 0 Å². The molecule has 0 saturated carbocycles. The van der Waals surface area contributed by atoms with Crippen LogP contribution in [-0.4, -0.2) is 25.7 Å². The van der Waals surface area contributed by atoms with Crippen molar-refractivity contribution >= 4 is 55.8 Å². The number of aryl methyl sites for hydroxylation is 1. The summed E-state index contributed by atoms with van der Waals surface area (Å²) in [6.45, 7) is 9.15. The zero-order chi connectivity index (χ0) is 28.3. The van der Waals surface area contributed by atoms with Crippen LogP contribution in [0.4, 0.5) is 32.8 Å². The fraction of sp³-hybridized carbons (Fsp3) is 0.258. The van der Waals surface area contributed by atoms with Gasteiger partial charge in [-0.15, -0.1) is 16.5 Å². The number of thiophene rings is 1. The molecular formula is C31H32FN5O2S. The van der Waals surface area contributed by atoms with E-state index in [4.69, 9.17) is 4.74 Å². The number of ether oxygens (including phenoxy) is 1. The summed E-state index contributed by atoms with van der Waals surface area (Å²) in [7, 11) is 0. The summed E-state index contributed by atoms with van der Waals surface area (Å²) >= 11 is 1.81. The lowest BCUT2D eigenvalue weighted by Crippen LogP contribution is -2.27. The number of rotatable bonds is 13. The zero-order valence-corrected chi connectivity index (χ0v) is 23.5. The minimum atomic E-state index is -0.531. The van der Waals surface area contributed by atoms with E-state index >= 15 is 0 Å². The lowest BCUT2D eigenvalue weighted by Gasteiger charge is -2.22. The van der Waals surface area contributed by atoms with E-state index in [1.165, 1.54) is 34.6 Å². The van der Waals surface area contributed by atoms with Gasteiger partial charge in [-0.3, -0.25) is 0 Å². The van der Waals surface area contributed by atoms with E-state index in [2.05, 4.69) is 51.0 Å². The summed E-state index contributed by atoms with van der Waals surface area (Å²) in [6.07, 6.45) is 4.60. The van der Waals surface area contributed by atoms with Gasteiger partial charge in [0.2, 0.25) is 0 Å². The summed E-state index contributed by atoms with van der Waals surface area (Å²) in [5.41, 5.74) is 2.77. The standard InChI is InChI=1S/C31H32FN5O2S/c1-4-7-8-27-20-22-19-24(12-16-30(22)40-27)34-35-25-11-15-29(28(32)21-25)36-33-23-9-13-26(14-10-23)37(6-3)17-18-39-31(38)5-2/h5,9-16,19-21H,2,4,6-8,17-18H2,1,3H3. The smallest absolute Gasteiger partial charge is 0.330 e. The Morgan fingerprint density at radius 2 is 1.65 bits per heavy atom. The van der Waals surface area contributed by atoms with Gasteiger partial charge in [0.15, 0.2) is 5.82 Å². The number of azo groups is 2. The first-order valence-electron chi connectivity index (χ1n) is 13.3. The quantitative estimate of drug-likeness (QED) is 0.0932. The molecule has 40 heavy (non-hydrogen) atoms. The number of carbonyl (C=O) groups excluding carboxylic acids is 1. The number of hydrogen-bond donors (Lipinski definition) is 0. The first-order chi connectivity index (χ1) is 19.5. The van der Waals surface area contributed by atoms with Crippen LogP contribution in [0.25, 0.3) is 10.1 Å². The lowest BCUT2D eigenvalue weighted by molar-refractivity contribution is -0.137. The molecule has 1 aromatic heterocycles. The maximum atomic E-state index is 14.7. The predicted molar refractivity (Wildman–Crippen MR) is 161 cm³/mol. The highest BCUT2D eigenvalue weighted by molar-refractivity contribution is 7.19. The van der Waals surface area contributed by atoms with E-state index in [1.54, 1.807) is 18.2 Å². The molecule has 3 aromatic carbocycles. The van der Waals surface area contributed by atoms with Crippen LogP contribution in [0.1, 0.15) is 31.6 Å². The zero-order valence-electron chi connectivity index (χ0n) is 22.7. The first-order valence-corrected chi connectivity index (χ1v) is 14.1. The molecule has 206 valence electrons. The fourth-order valence-electron chi connectivity index (χ4n) is 4.00. The molecule has 0 amide bonds. The van der Waals surface area contributed by atoms with E-state index in [-0.39, 0.29) is 12.3 Å². The highest BCUT2D eigenvalue weighted by Gasteiger charge is 2.07. The van der Waals surface area contributed by atoms with E-state index in [0.29, 0.717) is 17.9 Å². The molecular weight excluding hydrogens is 525 g/mol. The van der Waals surface area contributed by atoms with Crippen molar-refractivity contribution in [1.82, 2.24) is 0 Å². The molecule has 4 aromatic rings. The molecule has 7 nitrogen and oxygen atoms in total. The number of unbranched alkanes of at least 4 members (excludes halogenated alkanes) is 1. The molecule has 0 radical (unpaired) electrons. The summed E-state index contributed by atoms with van der Waals surface area (Å²) in [5, 5.41) is 17.9. The van der Waals surface area contributed by atoms with Gasteiger partial charge in [0.1, 0.15) is 12.3 Å². The Morgan fingerprint density at radius 1 is 0.950 bits per heavy atom. The minimum absolute atomic E-state index is 0.113. The number of nitrogens with zero attached hydrogens (tertiary/aromatic N) is 5. The average molecular weight is 558 g/mol. The Morgan fingerprint density at radius 3 is 2.35 bits per heavy atom. The van der Waals surface area contributed by atoms with E-state index in [0.717, 1.165) is 35.8 Å². The number of hydrogen-bond acceptors (Lipinski definition) is 8. The van der Waals surface area contributed by atoms with Gasteiger partial charge in [-0.25, -0.2) is 9.18 Å². The molecule has 0 aliphatic rings. The molecule has 0 fully saturated rings. The number of esters is 1. The molecule has 1 heterocycles. The first kappa shape index (κ1) is 28.8. The number of fused-ring (bicyclic) bond motifs is 1. The van der Waals surface area contributed by atoms with Crippen LogP contribution in [0.5, 0.6) is 0 Å². The number of likely N-dealkylation sites (N-methyl/N-ethyl adjacent to an activating group) is 1. The second kappa shape index (κ2) is 14.2. The largest absolute Gasteiger partial charge is 0.461 e. The van der Waals surface area contributed by atoms with Crippen molar-refractivity contribution in [2.45, 2.75) is 33.1 Å². The summed E-state index contributed by atoms with van der Waals surface area (Å²) < 4.78 is 21.0. The van der Waals surface area contributed by atoms with Crippen LogP contribution in [0.2, 0.25) is 0 Å². The van der Waals surface area contributed by atoms with E-state index in [1.807, 2.05) is 42.5 Å². The van der Waals surface area contributed by atoms with Gasteiger partial charge >= 0.3 is 5.97 Å². The SMILES string of the molecule is C=CC(=O)OCCN(CC)c1ccc(N=Nc2ccc(N=Nc3ccc4sc(CCCC)cc4c3)cc2F)cc1. The lowest BCUT2D eigenvalue weighted by atomic mass is 10.2. The highest BCUT2D eigenvalue weighted by atomic mass is 32.1. The molecule has 0 unspecified atom stereocenters. The summed E-state index contributed by atoms with van der Waals surface area (Å²) in [6, 6.07) is 20.1. The monoisotopic (exact) mass is 557 g/mol. The van der Waals surface area contributed by atoms with Crippen LogP contribution in [0, 0.1) is 5.82 Å². The molecule has 0 N–H and O–H groups in total. The molecule has 0 aliphatic heterocycles. The van der Waals surface area contributed by atoms with Crippen molar-refractivity contribution in [3.63, 3.8) is 0 Å². The number of halogens is 1. The van der Waals surface area contributed by atoms with Gasteiger partial charge < -0.3 is 9.64 Å². The van der Waals surface area contributed by atoms with Crippen LogP contribution >= 0.6 is 11.3 Å². The Kier molecular flexibility index (Phi) is 10.2. The number of anilines is 1. The summed E-state index contributed by atoms with van der Waals surface area (Å²) in [5.74, 6) is -0.973. The summed E-state index contributed by atoms with van der Waals surface area (Å²) in [4.78, 5) is 14.7. The van der Waals surface area contributed by atoms with Crippen molar-refractivity contribution < 1.29 is 13.9 Å². The van der Waals surface area contributed by atoms with Crippen LogP contribution in [-0.2, 0) is 16.0 Å². The van der Waals surface area contributed by atoms with Crippen molar-refractivity contribution in [3.05, 3.63) is 90.1 Å². The fourth-order valence-corrected chi connectivity index (χ4v) is 5.09. The Balaban J connectivity index is 1.37. The Hall–Kier alpha value is -4.24. The van der Waals surface area contributed by atoms with Gasteiger partial charge in [-0.1, -0.05) is 19.9 Å². The second-order valence-electron chi connectivity index (χ2n) is 9.04. The van der Waals surface area contributed by atoms with Gasteiger partial charge in [0.25, 0.3) is 0 Å². The Bertz CT molecular complexity index is 1510. The topological polar surface area (TPSA) is 79.0 Å². The highest BCUT2D eigenvalue weighted by Crippen LogP contribution is 2.32.